The van der Waals surface area contributed by atoms with Crippen LogP contribution < -0.4 is 10.1 Å². The number of ether oxygens (including phenoxy) is 1. The highest BCUT2D eigenvalue weighted by Crippen LogP contribution is 2.16. The lowest BCUT2D eigenvalue weighted by molar-refractivity contribution is -0.132. The first-order valence-corrected chi connectivity index (χ1v) is 5.35. The van der Waals surface area contributed by atoms with Gasteiger partial charge in [-0.2, -0.15) is 0 Å². The van der Waals surface area contributed by atoms with Crippen molar-refractivity contribution in [1.29, 1.82) is 0 Å². The molecule has 0 aromatic heterocycles. The second-order valence-corrected chi connectivity index (χ2v) is 3.82. The topological polar surface area (TPSA) is 58.6 Å². The lowest BCUT2D eigenvalue weighted by Gasteiger charge is -2.12. The quantitative estimate of drug-likeness (QED) is 0.770. The number of benzene rings is 1. The largest absolute Gasteiger partial charge is 0.497 e. The zero-order chi connectivity index (χ0) is 12.8. The summed E-state index contributed by atoms with van der Waals surface area (Å²) in [5.74, 6) is -0.103. The van der Waals surface area contributed by atoms with E-state index < -0.39 is 5.97 Å². The number of hydrogen-bond acceptors (Lipinski definition) is 3. The Morgan fingerprint density at radius 3 is 2.47 bits per heavy atom. The molecule has 0 saturated heterocycles. The van der Waals surface area contributed by atoms with E-state index in [1.165, 1.54) is 0 Å². The number of anilines is 1. The van der Waals surface area contributed by atoms with Crippen LogP contribution in [0.25, 0.3) is 0 Å². The van der Waals surface area contributed by atoms with Crippen LogP contribution in [0.1, 0.15) is 13.8 Å². The summed E-state index contributed by atoms with van der Waals surface area (Å²) in [5.41, 5.74) is 1.26. The van der Waals surface area contributed by atoms with Gasteiger partial charge in [0, 0.05) is 17.3 Å². The number of methoxy groups -OCH3 is 1. The highest BCUT2D eigenvalue weighted by molar-refractivity contribution is 5.86. The summed E-state index contributed by atoms with van der Waals surface area (Å²) < 4.78 is 5.05. The molecule has 0 spiro atoms. The van der Waals surface area contributed by atoms with E-state index in [2.05, 4.69) is 5.32 Å². The van der Waals surface area contributed by atoms with Gasteiger partial charge in [-0.25, -0.2) is 4.79 Å². The van der Waals surface area contributed by atoms with Gasteiger partial charge < -0.3 is 15.2 Å². The van der Waals surface area contributed by atoms with Gasteiger partial charge in [0.25, 0.3) is 0 Å². The van der Waals surface area contributed by atoms with Crippen molar-refractivity contribution >= 4 is 11.7 Å². The zero-order valence-electron chi connectivity index (χ0n) is 10.2. The van der Waals surface area contributed by atoms with E-state index in [9.17, 15) is 4.79 Å². The highest BCUT2D eigenvalue weighted by Gasteiger charge is 2.04. The Bertz CT molecular complexity index is 409. The molecular formula is C13H17NO3. The zero-order valence-corrected chi connectivity index (χ0v) is 10.2. The lowest BCUT2D eigenvalue weighted by atomic mass is 10.2. The molecule has 0 amide bonds. The monoisotopic (exact) mass is 235 g/mol. The number of carboxylic acids is 1. The Labute approximate surface area is 101 Å². The lowest BCUT2D eigenvalue weighted by Crippen LogP contribution is -2.14. The molecule has 2 N–H and O–H groups in total. The van der Waals surface area contributed by atoms with Gasteiger partial charge >= 0.3 is 5.97 Å². The molecule has 0 radical (unpaired) electrons. The van der Waals surface area contributed by atoms with Crippen molar-refractivity contribution in [3.05, 3.63) is 35.9 Å². The maximum Gasteiger partial charge on any atom is 0.331 e. The van der Waals surface area contributed by atoms with Crippen LogP contribution in [-0.2, 0) is 4.79 Å². The average Bonchev–Trinajstić information content (AvgIpc) is 2.29. The molecule has 1 unspecified atom stereocenters. The molecule has 0 aliphatic rings. The van der Waals surface area contributed by atoms with E-state index >= 15 is 0 Å². The summed E-state index contributed by atoms with van der Waals surface area (Å²) in [4.78, 5) is 10.7. The number of aliphatic carboxylic acids is 1. The van der Waals surface area contributed by atoms with E-state index in [0.717, 1.165) is 11.4 Å². The van der Waals surface area contributed by atoms with Crippen molar-refractivity contribution in [3.63, 3.8) is 0 Å². The summed E-state index contributed by atoms with van der Waals surface area (Å²) in [6, 6.07) is 7.43. The summed E-state index contributed by atoms with van der Waals surface area (Å²) in [5, 5.41) is 11.9. The van der Waals surface area contributed by atoms with E-state index in [1.54, 1.807) is 20.1 Å². The van der Waals surface area contributed by atoms with Crippen molar-refractivity contribution in [2.75, 3.05) is 12.4 Å². The molecule has 0 saturated carbocycles. The first kappa shape index (κ1) is 13.1. The molecule has 1 atom stereocenters. The molecule has 0 aliphatic carbocycles. The van der Waals surface area contributed by atoms with Crippen LogP contribution in [0, 0.1) is 0 Å². The van der Waals surface area contributed by atoms with Gasteiger partial charge in [-0.05, 0) is 38.1 Å². The molecule has 92 valence electrons. The second-order valence-electron chi connectivity index (χ2n) is 3.82. The number of rotatable bonds is 5. The van der Waals surface area contributed by atoms with Gasteiger partial charge in [0.15, 0.2) is 0 Å². The molecule has 17 heavy (non-hydrogen) atoms. The standard InChI is InChI=1S/C13H17NO3/c1-9(13(15)16)8-10(2)14-11-4-6-12(17-3)7-5-11/h4-8,10,14H,1-3H3,(H,15,16). The maximum absolute atomic E-state index is 10.7. The van der Waals surface area contributed by atoms with Gasteiger partial charge in [0.05, 0.1) is 7.11 Å². The van der Waals surface area contributed by atoms with Crippen LogP contribution >= 0.6 is 0 Å². The third-order valence-corrected chi connectivity index (χ3v) is 2.32. The van der Waals surface area contributed by atoms with Crippen molar-refractivity contribution < 1.29 is 14.6 Å². The smallest absolute Gasteiger partial charge is 0.331 e. The van der Waals surface area contributed by atoms with Crippen molar-refractivity contribution in [2.45, 2.75) is 19.9 Å². The molecule has 1 aromatic rings. The molecule has 0 heterocycles. The van der Waals surface area contributed by atoms with E-state index in [1.807, 2.05) is 31.2 Å². The predicted octanol–water partition coefficient (Wildman–Crippen LogP) is 2.53. The normalized spacial score (nSPS) is 13.0. The Morgan fingerprint density at radius 2 is 2.00 bits per heavy atom. The minimum atomic E-state index is -0.895. The number of nitrogens with one attached hydrogen (secondary N) is 1. The Morgan fingerprint density at radius 1 is 1.41 bits per heavy atom. The first-order chi connectivity index (χ1) is 8.02. The summed E-state index contributed by atoms with van der Waals surface area (Å²) in [6.07, 6.45) is 1.67. The molecule has 1 rings (SSSR count). The fourth-order valence-electron chi connectivity index (χ4n) is 1.44. The van der Waals surface area contributed by atoms with Crippen LogP contribution in [0.15, 0.2) is 35.9 Å². The molecule has 4 nitrogen and oxygen atoms in total. The van der Waals surface area contributed by atoms with Crippen LogP contribution in [0.5, 0.6) is 5.75 Å². The fourth-order valence-corrected chi connectivity index (χ4v) is 1.44. The Kier molecular flexibility index (Phi) is 4.57. The van der Waals surface area contributed by atoms with Gasteiger partial charge in [0.1, 0.15) is 5.75 Å². The van der Waals surface area contributed by atoms with Gasteiger partial charge in [-0.3, -0.25) is 0 Å². The van der Waals surface area contributed by atoms with Crippen molar-refractivity contribution in [1.82, 2.24) is 0 Å². The fraction of sp³-hybridized carbons (Fsp3) is 0.308. The van der Waals surface area contributed by atoms with E-state index in [0.29, 0.717) is 5.57 Å². The van der Waals surface area contributed by atoms with E-state index in [-0.39, 0.29) is 6.04 Å². The predicted molar refractivity (Wildman–Crippen MR) is 67.5 cm³/mol. The summed E-state index contributed by atoms with van der Waals surface area (Å²) in [7, 11) is 1.62. The Balaban J connectivity index is 2.64. The maximum atomic E-state index is 10.7. The van der Waals surface area contributed by atoms with E-state index in [4.69, 9.17) is 9.84 Å². The highest BCUT2D eigenvalue weighted by atomic mass is 16.5. The Hall–Kier alpha value is -1.97. The molecule has 1 aromatic carbocycles. The molecule has 4 heteroatoms. The van der Waals surface area contributed by atoms with Crippen molar-refractivity contribution in [2.24, 2.45) is 0 Å². The summed E-state index contributed by atoms with van der Waals surface area (Å²) in [6.45, 7) is 3.48. The van der Waals surface area contributed by atoms with Crippen LogP contribution in [0.4, 0.5) is 5.69 Å². The molecule has 0 fully saturated rings. The first-order valence-electron chi connectivity index (χ1n) is 5.35. The van der Waals surface area contributed by atoms with Gasteiger partial charge in [-0.1, -0.05) is 6.08 Å². The average molecular weight is 235 g/mol. The summed E-state index contributed by atoms with van der Waals surface area (Å²) >= 11 is 0. The van der Waals surface area contributed by atoms with Crippen LogP contribution in [0.2, 0.25) is 0 Å². The minimum Gasteiger partial charge on any atom is -0.497 e. The number of carboxylic acid groups (broad SMARTS) is 1. The van der Waals surface area contributed by atoms with Crippen LogP contribution in [0.3, 0.4) is 0 Å². The van der Waals surface area contributed by atoms with Crippen LogP contribution in [-0.4, -0.2) is 24.2 Å². The minimum absolute atomic E-state index is 0.0421. The third-order valence-electron chi connectivity index (χ3n) is 2.32. The van der Waals surface area contributed by atoms with Gasteiger partial charge in [0.2, 0.25) is 0 Å². The van der Waals surface area contributed by atoms with Gasteiger partial charge in [-0.15, -0.1) is 0 Å². The van der Waals surface area contributed by atoms with Crippen molar-refractivity contribution in [3.8, 4) is 5.75 Å². The molecule has 0 bridgehead atoms. The second kappa shape index (κ2) is 5.94. The molecular weight excluding hydrogens is 218 g/mol. The number of hydrogen-bond donors (Lipinski definition) is 2. The molecule has 0 aliphatic heterocycles. The number of carbonyl (C=O) groups is 1. The SMILES string of the molecule is COc1ccc(NC(C)C=C(C)C(=O)O)cc1. The third kappa shape index (κ3) is 4.18.